The molecule has 3 rings (SSSR count). The van der Waals surface area contributed by atoms with E-state index in [2.05, 4.69) is 0 Å². The van der Waals surface area contributed by atoms with Gasteiger partial charge in [-0.25, -0.2) is 9.59 Å². The number of hydrogen-bond acceptors (Lipinski definition) is 7. The Kier molecular flexibility index (Phi) is 7.37. The van der Waals surface area contributed by atoms with E-state index in [9.17, 15) is 24.5 Å². The third-order valence-electron chi connectivity index (χ3n) is 5.45. The van der Waals surface area contributed by atoms with Gasteiger partial charge in [-0.3, -0.25) is 14.9 Å². The second kappa shape index (κ2) is 9.99. The average molecular weight is 451 g/mol. The number of benzene rings is 1. The maximum Gasteiger partial charge on any atom is 0.410 e. The summed E-state index contributed by atoms with van der Waals surface area (Å²) in [5.41, 5.74) is 0.604. The molecule has 2 aliphatic heterocycles. The number of likely N-dealkylation sites (N-methyl/N-ethyl adjacent to an activating group) is 1. The molecule has 1 aromatic rings. The standard InChI is InChI=1S/C20H26N4O6S/c1-3-21-8-9-22(19(21)26)11-17-10-18(31-14(2)25)12-23(17)20(27)30-13-15-4-6-16(7-5-15)24(28)29/h4-7,17-18H,3,8-13H2,1-2H3/t17-,18-/m0/s1. The molecule has 0 radical (unpaired) electrons. The van der Waals surface area contributed by atoms with Gasteiger partial charge < -0.3 is 19.4 Å². The maximum absolute atomic E-state index is 12.8. The van der Waals surface area contributed by atoms with Crippen LogP contribution in [0.15, 0.2) is 24.3 Å². The summed E-state index contributed by atoms with van der Waals surface area (Å²) in [7, 11) is 0. The molecule has 0 aromatic heterocycles. The molecule has 0 saturated carbocycles. The van der Waals surface area contributed by atoms with Crippen LogP contribution < -0.4 is 0 Å². The number of nitro groups is 1. The summed E-state index contributed by atoms with van der Waals surface area (Å²) in [6.45, 7) is 6.10. The van der Waals surface area contributed by atoms with E-state index in [1.165, 1.54) is 30.8 Å². The van der Waals surface area contributed by atoms with Gasteiger partial charge in [0.2, 0.25) is 0 Å². The lowest BCUT2D eigenvalue weighted by molar-refractivity contribution is -0.384. The Morgan fingerprint density at radius 3 is 2.48 bits per heavy atom. The van der Waals surface area contributed by atoms with E-state index in [1.807, 2.05) is 6.92 Å². The fourth-order valence-corrected chi connectivity index (χ4v) is 4.91. The summed E-state index contributed by atoms with van der Waals surface area (Å²) in [5.74, 6) is 0. The SMILES string of the molecule is CCN1CCN(C[C@@H]2C[C@H](SC(C)=O)CN2C(=O)OCc2ccc([N+](=O)[O-])cc2)C1=O. The topological polar surface area (TPSA) is 113 Å². The van der Waals surface area contributed by atoms with Gasteiger partial charge in [0.25, 0.3) is 5.69 Å². The first-order chi connectivity index (χ1) is 14.8. The predicted octanol–water partition coefficient (Wildman–Crippen LogP) is 2.71. The maximum atomic E-state index is 12.8. The van der Waals surface area contributed by atoms with Crippen molar-refractivity contribution in [3.63, 3.8) is 0 Å². The van der Waals surface area contributed by atoms with Gasteiger partial charge in [-0.05, 0) is 31.0 Å². The van der Waals surface area contributed by atoms with Crippen molar-refractivity contribution >= 4 is 34.7 Å². The van der Waals surface area contributed by atoms with Crippen LogP contribution in [0.5, 0.6) is 0 Å². The van der Waals surface area contributed by atoms with Crippen LogP contribution >= 0.6 is 11.8 Å². The summed E-state index contributed by atoms with van der Waals surface area (Å²) in [6, 6.07) is 5.54. The second-order valence-corrected chi connectivity index (χ2v) is 9.04. The van der Waals surface area contributed by atoms with Crippen molar-refractivity contribution in [1.29, 1.82) is 0 Å². The van der Waals surface area contributed by atoms with E-state index in [0.717, 1.165) is 0 Å². The second-order valence-electron chi connectivity index (χ2n) is 7.56. The number of urea groups is 1. The van der Waals surface area contributed by atoms with Crippen LogP contribution in [-0.2, 0) is 16.1 Å². The van der Waals surface area contributed by atoms with Crippen molar-refractivity contribution in [2.24, 2.45) is 0 Å². The Bertz CT molecular complexity index is 849. The smallest absolute Gasteiger partial charge is 0.410 e. The highest BCUT2D eigenvalue weighted by atomic mass is 32.2. The fraction of sp³-hybridized carbons (Fsp3) is 0.550. The lowest BCUT2D eigenvalue weighted by atomic mass is 10.2. The van der Waals surface area contributed by atoms with E-state index in [-0.39, 0.29) is 34.7 Å². The first kappa shape index (κ1) is 22.9. The third-order valence-corrected chi connectivity index (χ3v) is 6.45. The summed E-state index contributed by atoms with van der Waals surface area (Å²) in [4.78, 5) is 52.2. The van der Waals surface area contributed by atoms with Gasteiger partial charge in [0, 0.05) is 57.0 Å². The van der Waals surface area contributed by atoms with Gasteiger partial charge in [-0.2, -0.15) is 0 Å². The fourth-order valence-electron chi connectivity index (χ4n) is 3.88. The highest BCUT2D eigenvalue weighted by molar-refractivity contribution is 8.14. The number of nitrogens with zero attached hydrogens (tertiary/aromatic N) is 4. The van der Waals surface area contributed by atoms with Crippen LogP contribution in [-0.4, -0.2) is 80.9 Å². The van der Waals surface area contributed by atoms with Crippen LogP contribution in [0, 0.1) is 10.1 Å². The van der Waals surface area contributed by atoms with Crippen LogP contribution in [0.4, 0.5) is 15.3 Å². The van der Waals surface area contributed by atoms with Crippen molar-refractivity contribution in [3.05, 3.63) is 39.9 Å². The number of thioether (sulfide) groups is 1. The molecule has 11 heteroatoms. The summed E-state index contributed by atoms with van der Waals surface area (Å²) in [5, 5.41) is 10.7. The molecule has 0 N–H and O–H groups in total. The molecular weight excluding hydrogens is 424 g/mol. The largest absolute Gasteiger partial charge is 0.445 e. The summed E-state index contributed by atoms with van der Waals surface area (Å²) in [6.07, 6.45) is 0.0845. The van der Waals surface area contributed by atoms with Gasteiger partial charge in [-0.15, -0.1) is 0 Å². The van der Waals surface area contributed by atoms with Crippen LogP contribution in [0.2, 0.25) is 0 Å². The molecule has 1 aromatic carbocycles. The number of carbonyl (C=O) groups is 3. The number of carbonyl (C=O) groups excluding carboxylic acids is 3. The number of nitro benzene ring substituents is 1. The van der Waals surface area contributed by atoms with E-state index in [4.69, 9.17) is 4.74 Å². The molecule has 2 aliphatic rings. The van der Waals surface area contributed by atoms with Crippen molar-refractivity contribution in [3.8, 4) is 0 Å². The first-order valence-corrected chi connectivity index (χ1v) is 11.0. The predicted molar refractivity (Wildman–Crippen MR) is 115 cm³/mol. The molecular formula is C20H26N4O6S. The molecule has 2 saturated heterocycles. The quantitative estimate of drug-likeness (QED) is 0.463. The van der Waals surface area contributed by atoms with E-state index in [0.29, 0.717) is 44.7 Å². The van der Waals surface area contributed by atoms with Gasteiger partial charge in [-0.1, -0.05) is 11.8 Å². The molecule has 168 valence electrons. The van der Waals surface area contributed by atoms with E-state index in [1.54, 1.807) is 26.8 Å². The zero-order chi connectivity index (χ0) is 22.5. The van der Waals surface area contributed by atoms with Gasteiger partial charge in [0.15, 0.2) is 5.12 Å². The average Bonchev–Trinajstić information content (AvgIpc) is 3.29. The number of ether oxygens (including phenoxy) is 1. The lowest BCUT2D eigenvalue weighted by Crippen LogP contribution is -2.44. The number of hydrogen-bond donors (Lipinski definition) is 0. The number of amides is 3. The molecule has 2 atom stereocenters. The monoisotopic (exact) mass is 450 g/mol. The lowest BCUT2D eigenvalue weighted by Gasteiger charge is -2.27. The number of rotatable bonds is 7. The zero-order valence-corrected chi connectivity index (χ0v) is 18.4. The normalized spacial score (nSPS) is 21.0. The van der Waals surface area contributed by atoms with Gasteiger partial charge >= 0.3 is 12.1 Å². The van der Waals surface area contributed by atoms with Crippen molar-refractivity contribution < 1.29 is 24.0 Å². The highest BCUT2D eigenvalue weighted by Gasteiger charge is 2.40. The Labute approximate surface area is 184 Å². The molecule has 0 unspecified atom stereocenters. The van der Waals surface area contributed by atoms with Crippen molar-refractivity contribution in [2.75, 3.05) is 32.7 Å². The Hall–Kier alpha value is -2.82. The Morgan fingerprint density at radius 1 is 1.23 bits per heavy atom. The third kappa shape index (κ3) is 5.66. The number of likely N-dealkylation sites (tertiary alicyclic amines) is 1. The highest BCUT2D eigenvalue weighted by Crippen LogP contribution is 2.30. The van der Waals surface area contributed by atoms with E-state index >= 15 is 0 Å². The van der Waals surface area contributed by atoms with Crippen LogP contribution in [0.25, 0.3) is 0 Å². The molecule has 0 spiro atoms. The summed E-state index contributed by atoms with van der Waals surface area (Å²) >= 11 is 1.20. The molecule has 10 nitrogen and oxygen atoms in total. The van der Waals surface area contributed by atoms with Crippen molar-refractivity contribution in [2.45, 2.75) is 38.2 Å². The Balaban J connectivity index is 1.63. The minimum absolute atomic E-state index is 0.0146. The molecule has 31 heavy (non-hydrogen) atoms. The molecule has 3 amide bonds. The Morgan fingerprint density at radius 2 is 1.90 bits per heavy atom. The van der Waals surface area contributed by atoms with Crippen LogP contribution in [0.1, 0.15) is 25.8 Å². The summed E-state index contributed by atoms with van der Waals surface area (Å²) < 4.78 is 5.44. The number of non-ortho nitro benzene ring substituents is 1. The van der Waals surface area contributed by atoms with Crippen LogP contribution in [0.3, 0.4) is 0 Å². The zero-order valence-electron chi connectivity index (χ0n) is 17.6. The van der Waals surface area contributed by atoms with Gasteiger partial charge in [0.1, 0.15) is 6.61 Å². The minimum atomic E-state index is -0.519. The molecule has 2 fully saturated rings. The van der Waals surface area contributed by atoms with Gasteiger partial charge in [0.05, 0.1) is 11.0 Å². The molecule has 0 aliphatic carbocycles. The molecule has 0 bridgehead atoms. The molecule has 2 heterocycles. The van der Waals surface area contributed by atoms with E-state index < -0.39 is 11.0 Å². The minimum Gasteiger partial charge on any atom is -0.445 e. The van der Waals surface area contributed by atoms with Crippen molar-refractivity contribution in [1.82, 2.24) is 14.7 Å². The first-order valence-electron chi connectivity index (χ1n) is 10.2.